The van der Waals surface area contributed by atoms with Crippen molar-refractivity contribution in [3.8, 4) is 0 Å². The van der Waals surface area contributed by atoms with Crippen molar-refractivity contribution in [2.45, 2.75) is 45.6 Å². The van der Waals surface area contributed by atoms with Crippen molar-refractivity contribution in [1.82, 2.24) is 5.32 Å². The Hall–Kier alpha value is -2.01. The lowest BCUT2D eigenvalue weighted by atomic mass is 9.94. The molecule has 6 heteroatoms. The molecular formula is C19H25ClN2O3. The van der Waals surface area contributed by atoms with Crippen LogP contribution in [-0.2, 0) is 16.0 Å². The summed E-state index contributed by atoms with van der Waals surface area (Å²) in [6.07, 6.45) is 3.56. The minimum absolute atomic E-state index is 0. The van der Waals surface area contributed by atoms with Crippen LogP contribution in [0.5, 0.6) is 0 Å². The van der Waals surface area contributed by atoms with E-state index >= 15 is 0 Å². The maximum Gasteiger partial charge on any atom is 0.328 e. The molecule has 0 saturated heterocycles. The maximum absolute atomic E-state index is 12.2. The number of benzene rings is 1. The molecule has 0 aromatic heterocycles. The van der Waals surface area contributed by atoms with E-state index in [2.05, 4.69) is 10.2 Å². The Morgan fingerprint density at radius 3 is 2.80 bits per heavy atom. The molecule has 2 aliphatic heterocycles. The molecule has 0 saturated carbocycles. The van der Waals surface area contributed by atoms with Crippen LogP contribution in [0.25, 0.3) is 0 Å². The second kappa shape index (κ2) is 7.91. The summed E-state index contributed by atoms with van der Waals surface area (Å²) >= 11 is 0. The van der Waals surface area contributed by atoms with Gasteiger partial charge in [-0.05, 0) is 56.7 Å². The first-order valence-corrected chi connectivity index (χ1v) is 8.54. The van der Waals surface area contributed by atoms with E-state index in [1.165, 1.54) is 11.1 Å². The van der Waals surface area contributed by atoms with Crippen LogP contribution in [0, 0.1) is 0 Å². The summed E-state index contributed by atoms with van der Waals surface area (Å²) < 4.78 is 5.18. The Kier molecular flexibility index (Phi) is 6.11. The maximum atomic E-state index is 12.2. The number of nitrogens with zero attached hydrogens (tertiary/aromatic N) is 1. The molecule has 3 rings (SSSR count). The van der Waals surface area contributed by atoms with E-state index in [-0.39, 0.29) is 30.2 Å². The van der Waals surface area contributed by atoms with Crippen LogP contribution in [0.4, 0.5) is 5.69 Å². The van der Waals surface area contributed by atoms with E-state index in [4.69, 9.17) is 4.74 Å². The second-order valence-electron chi connectivity index (χ2n) is 6.43. The standard InChI is InChI=1S/C19H24N2O3.ClH/c1-4-24-19(23)16-7-5-6-15-10-14-9-8-13(12(2)22)11-17(14)21(3)18(15)20-16;/h8-9,11,16,20H,4-7,10H2,1-3H3;1H. The third-order valence-electron chi connectivity index (χ3n) is 4.78. The first kappa shape index (κ1) is 19.3. The van der Waals surface area contributed by atoms with Crippen LogP contribution in [-0.4, -0.2) is 31.4 Å². The van der Waals surface area contributed by atoms with Crippen molar-refractivity contribution in [2.75, 3.05) is 18.6 Å². The number of halogens is 1. The minimum Gasteiger partial charge on any atom is -0.464 e. The summed E-state index contributed by atoms with van der Waals surface area (Å²) in [7, 11) is 1.98. The number of hydrogen-bond donors (Lipinski definition) is 1. The van der Waals surface area contributed by atoms with E-state index in [9.17, 15) is 9.59 Å². The lowest BCUT2D eigenvalue weighted by Crippen LogP contribution is -2.42. The lowest BCUT2D eigenvalue weighted by molar-refractivity contribution is -0.145. The average molecular weight is 365 g/mol. The van der Waals surface area contributed by atoms with Gasteiger partial charge in [-0.1, -0.05) is 12.1 Å². The van der Waals surface area contributed by atoms with Gasteiger partial charge < -0.3 is 15.0 Å². The number of hydrogen-bond acceptors (Lipinski definition) is 5. The molecule has 5 nitrogen and oxygen atoms in total. The minimum atomic E-state index is -0.308. The summed E-state index contributed by atoms with van der Waals surface area (Å²) in [5.74, 6) is 0.853. The number of ketones is 1. The number of allylic oxidation sites excluding steroid dienone is 1. The summed E-state index contributed by atoms with van der Waals surface area (Å²) in [5.41, 5.74) is 4.27. The first-order valence-electron chi connectivity index (χ1n) is 8.54. The zero-order valence-corrected chi connectivity index (χ0v) is 15.7. The number of carbonyl (C=O) groups excluding carboxylic acids is 2. The van der Waals surface area contributed by atoms with Gasteiger partial charge in [0, 0.05) is 18.3 Å². The number of anilines is 1. The zero-order chi connectivity index (χ0) is 17.3. The third kappa shape index (κ3) is 3.82. The molecule has 1 N–H and O–H groups in total. The highest BCUT2D eigenvalue weighted by Crippen LogP contribution is 2.35. The largest absolute Gasteiger partial charge is 0.464 e. The molecule has 0 amide bonds. The number of carbonyl (C=O) groups is 2. The molecule has 1 aromatic rings. The Bertz CT molecular complexity index is 715. The Morgan fingerprint density at radius 1 is 1.36 bits per heavy atom. The molecule has 1 atom stereocenters. The molecule has 1 unspecified atom stereocenters. The van der Waals surface area contributed by atoms with Gasteiger partial charge in [-0.15, -0.1) is 12.4 Å². The highest BCUT2D eigenvalue weighted by Gasteiger charge is 2.30. The van der Waals surface area contributed by atoms with Gasteiger partial charge in [0.2, 0.25) is 0 Å². The Balaban J connectivity index is 0.00000225. The van der Waals surface area contributed by atoms with Crippen LogP contribution in [0.3, 0.4) is 0 Å². The molecule has 0 bridgehead atoms. The fourth-order valence-corrected chi connectivity index (χ4v) is 3.50. The topological polar surface area (TPSA) is 58.6 Å². The van der Waals surface area contributed by atoms with Crippen LogP contribution in [0.2, 0.25) is 0 Å². The van der Waals surface area contributed by atoms with Crippen molar-refractivity contribution < 1.29 is 14.3 Å². The molecule has 0 spiro atoms. The molecule has 0 aliphatic carbocycles. The molecule has 1 aromatic carbocycles. The quantitative estimate of drug-likeness (QED) is 0.659. The number of esters is 1. The number of fused-ring (bicyclic) bond motifs is 1. The van der Waals surface area contributed by atoms with Crippen LogP contribution < -0.4 is 10.2 Å². The van der Waals surface area contributed by atoms with E-state index in [0.29, 0.717) is 12.2 Å². The summed E-state index contributed by atoms with van der Waals surface area (Å²) in [6.45, 7) is 3.80. The molecule has 25 heavy (non-hydrogen) atoms. The summed E-state index contributed by atoms with van der Waals surface area (Å²) in [4.78, 5) is 25.9. The van der Waals surface area contributed by atoms with Gasteiger partial charge in [0.05, 0.1) is 6.61 Å². The smallest absolute Gasteiger partial charge is 0.328 e. The van der Waals surface area contributed by atoms with Gasteiger partial charge in [0.15, 0.2) is 5.78 Å². The third-order valence-corrected chi connectivity index (χ3v) is 4.78. The Labute approximate surface area is 154 Å². The van der Waals surface area contributed by atoms with Crippen molar-refractivity contribution in [1.29, 1.82) is 0 Å². The fourth-order valence-electron chi connectivity index (χ4n) is 3.50. The second-order valence-corrected chi connectivity index (χ2v) is 6.43. The fraction of sp³-hybridized carbons (Fsp3) is 0.474. The van der Waals surface area contributed by atoms with Gasteiger partial charge in [-0.25, -0.2) is 4.79 Å². The van der Waals surface area contributed by atoms with Crippen molar-refractivity contribution in [3.05, 3.63) is 40.7 Å². The van der Waals surface area contributed by atoms with Crippen molar-refractivity contribution >= 4 is 29.8 Å². The zero-order valence-electron chi connectivity index (χ0n) is 14.9. The highest BCUT2D eigenvalue weighted by atomic mass is 35.5. The van der Waals surface area contributed by atoms with E-state index in [1.807, 2.05) is 32.2 Å². The predicted molar refractivity (Wildman–Crippen MR) is 100 cm³/mol. The lowest BCUT2D eigenvalue weighted by Gasteiger charge is -2.33. The number of ether oxygens (including phenoxy) is 1. The predicted octanol–water partition coefficient (Wildman–Crippen LogP) is 3.22. The highest BCUT2D eigenvalue weighted by molar-refractivity contribution is 5.95. The van der Waals surface area contributed by atoms with Gasteiger partial charge >= 0.3 is 5.97 Å². The average Bonchev–Trinajstić information content (AvgIpc) is 2.77. The molecule has 136 valence electrons. The van der Waals surface area contributed by atoms with E-state index in [0.717, 1.165) is 37.2 Å². The normalized spacial score (nSPS) is 19.0. The van der Waals surface area contributed by atoms with Crippen LogP contribution >= 0.6 is 12.4 Å². The summed E-state index contributed by atoms with van der Waals surface area (Å²) in [5, 5.41) is 3.39. The van der Waals surface area contributed by atoms with Crippen LogP contribution in [0.15, 0.2) is 29.6 Å². The Morgan fingerprint density at radius 2 is 2.12 bits per heavy atom. The van der Waals surface area contributed by atoms with E-state index in [1.54, 1.807) is 6.92 Å². The van der Waals surface area contributed by atoms with Crippen LogP contribution in [0.1, 0.15) is 49.0 Å². The van der Waals surface area contributed by atoms with E-state index < -0.39 is 0 Å². The van der Waals surface area contributed by atoms with Crippen molar-refractivity contribution in [3.63, 3.8) is 0 Å². The first-order chi connectivity index (χ1) is 11.5. The monoisotopic (exact) mass is 364 g/mol. The molecular weight excluding hydrogens is 340 g/mol. The van der Waals surface area contributed by atoms with Gasteiger partial charge in [-0.3, -0.25) is 4.79 Å². The van der Waals surface area contributed by atoms with Gasteiger partial charge in [0.1, 0.15) is 11.9 Å². The SMILES string of the molecule is CCOC(=O)C1CCCC2=C(N1)N(C)c1cc(C(C)=O)ccc1C2.Cl. The molecule has 2 heterocycles. The number of Topliss-reactive ketones (excluding diaryl/α,β-unsaturated/α-hetero) is 1. The molecule has 2 aliphatic rings. The molecule has 0 fully saturated rings. The summed E-state index contributed by atoms with van der Waals surface area (Å²) in [6, 6.07) is 5.57. The number of nitrogens with one attached hydrogen (secondary N) is 1. The van der Waals surface area contributed by atoms with Gasteiger partial charge in [-0.2, -0.15) is 0 Å². The molecule has 0 radical (unpaired) electrons. The van der Waals surface area contributed by atoms with Crippen molar-refractivity contribution in [2.24, 2.45) is 0 Å². The van der Waals surface area contributed by atoms with Gasteiger partial charge in [0.25, 0.3) is 0 Å². The number of rotatable bonds is 3.